The summed E-state index contributed by atoms with van der Waals surface area (Å²) in [6.45, 7) is 22.0. The minimum atomic E-state index is -1.21. The van der Waals surface area contributed by atoms with Crippen molar-refractivity contribution in [3.05, 3.63) is 163 Å². The van der Waals surface area contributed by atoms with E-state index < -0.39 is 96.3 Å². The van der Waals surface area contributed by atoms with Gasteiger partial charge in [-0.3, -0.25) is 49.1 Å². The molecule has 572 valence electrons. The third kappa shape index (κ3) is 28.3. The molecule has 0 amide bonds. The molecular formula is C64H75Br3Cl2F6N12O16Si2. The summed E-state index contributed by atoms with van der Waals surface area (Å²) in [6.07, 6.45) is 0.507. The molecule has 8 aromatic rings. The predicted octanol–water partition coefficient (Wildman–Crippen LogP) is 13.7. The molecule has 2 saturated heterocycles. The molecule has 2 aliphatic heterocycles. The van der Waals surface area contributed by atoms with Crippen molar-refractivity contribution in [2.24, 2.45) is 0 Å². The zero-order valence-electron chi connectivity index (χ0n) is 57.9. The molecule has 0 saturated carbocycles. The van der Waals surface area contributed by atoms with Crippen LogP contribution in [0.2, 0.25) is 61.7 Å². The normalized spacial score (nSPS) is 15.1. The van der Waals surface area contributed by atoms with Crippen LogP contribution >= 0.6 is 71.0 Å². The fourth-order valence-electron chi connectivity index (χ4n) is 8.96. The van der Waals surface area contributed by atoms with Crippen LogP contribution in [0.15, 0.2) is 80.9 Å². The number of ether oxygens (including phenoxy) is 8. The molecule has 2 aliphatic rings. The number of aliphatic hydroxyl groups is 1. The Labute approximate surface area is 634 Å². The smallest absolute Gasteiger partial charge is 0.312 e. The molecule has 0 unspecified atom stereocenters. The molecule has 0 aliphatic carbocycles. The lowest BCUT2D eigenvalue weighted by molar-refractivity contribution is -0.386. The van der Waals surface area contributed by atoms with Crippen LogP contribution < -0.4 is 16.2 Å². The zero-order chi connectivity index (χ0) is 78.2. The Bertz CT molecular complexity index is 4330. The first-order valence-corrected chi connectivity index (χ1v) is 42.2. The van der Waals surface area contributed by atoms with E-state index in [1.807, 2.05) is 0 Å². The molecule has 0 radical (unpaired) electrons. The van der Waals surface area contributed by atoms with E-state index in [0.717, 1.165) is 54.9 Å². The van der Waals surface area contributed by atoms with Gasteiger partial charge in [-0.15, -0.1) is 0 Å². The van der Waals surface area contributed by atoms with E-state index in [2.05, 4.69) is 122 Å². The number of nitrogens with two attached hydrogens (primary N) is 2. The highest BCUT2D eigenvalue weighted by molar-refractivity contribution is 9.11. The lowest BCUT2D eigenvalue weighted by atomic mass is 10.1. The topological polar surface area (TPSA) is 371 Å². The highest BCUT2D eigenvalue weighted by Gasteiger charge is 2.49. The number of nitrogen functional groups attached to an aromatic ring is 2. The van der Waals surface area contributed by atoms with Crippen molar-refractivity contribution in [3.63, 3.8) is 0 Å². The van der Waals surface area contributed by atoms with E-state index in [1.165, 1.54) is 12.1 Å². The zero-order valence-corrected chi connectivity index (χ0v) is 66.2. The van der Waals surface area contributed by atoms with E-state index in [1.54, 1.807) is 42.0 Å². The summed E-state index contributed by atoms with van der Waals surface area (Å²) < 4.78 is 125. The Morgan fingerprint density at radius 1 is 0.590 bits per heavy atom. The van der Waals surface area contributed by atoms with Gasteiger partial charge in [-0.2, -0.15) is 0 Å². The van der Waals surface area contributed by atoms with Crippen LogP contribution in [-0.4, -0.2) is 159 Å². The number of nitro groups is 2. The Morgan fingerprint density at radius 3 is 1.52 bits per heavy atom. The molecule has 105 heavy (non-hydrogen) atoms. The average Bonchev–Trinajstić information content (AvgIpc) is 1.63. The summed E-state index contributed by atoms with van der Waals surface area (Å²) in [5.74, 6) is -4.50. The standard InChI is InChI=1S/C19H26BrFN2O5Si.C13H17BrClFN2OSi.C9H10BrFN2O2.C9H9FN2O4.C9H11FN2O2.C5H2ClFN2O2/c1-29(2,3)5-4-25-10-23-13-6-11(21)19(20)22-12(13)7-16(23)28-15-9-27-17-14(24)8-26-18(15)17;1-20(2,3)5-4-19-8-18-11-6-9(16)13(14)17-10(11)7-12(18)15;1-2-15-8(14)4-7-6(12)3-5(11)9(10)13-7;1-2-16-9(13)4-7-8(12(14)15)3-6(10)5-11-7;1-2-14-9(13)4-8-7(11)3-6(10)5-12-8;6-5-4(9(10)11)1-3(7)2-8-5/h6-7,14-15,17-18,24H,4-5,8-10H2,1-3H3;6-7H,4-5,8H2,1-3H3;3H,2,4,12H2,1H3;3,5H,2,4H2,1H3;3,5H,2,4,11H2,1H3;1-2H/t14-,15-,17-,18-;;;;;/m1...../s1. The summed E-state index contributed by atoms with van der Waals surface area (Å²) in [5.41, 5.74) is 13.3. The molecule has 41 heteroatoms. The van der Waals surface area contributed by atoms with Crippen LogP contribution in [0, 0.1) is 55.1 Å². The van der Waals surface area contributed by atoms with Crippen molar-refractivity contribution < 1.29 is 93.6 Å². The molecule has 10 rings (SSSR count). The minimum absolute atomic E-state index is 0.0278. The summed E-state index contributed by atoms with van der Waals surface area (Å²) in [4.78, 5) is 75.0. The number of carbonyl (C=O) groups excluding carboxylic acids is 3. The van der Waals surface area contributed by atoms with Crippen molar-refractivity contribution >= 4 is 150 Å². The highest BCUT2D eigenvalue weighted by atomic mass is 79.9. The van der Waals surface area contributed by atoms with Gasteiger partial charge < -0.3 is 59.0 Å². The van der Waals surface area contributed by atoms with Gasteiger partial charge in [0.15, 0.2) is 29.4 Å². The number of rotatable bonds is 23. The molecule has 4 atom stereocenters. The Balaban J connectivity index is 0.000000234. The molecule has 0 bridgehead atoms. The molecule has 8 aromatic heterocycles. The Kier molecular flexibility index (Phi) is 34.8. The maximum atomic E-state index is 14.1. The molecule has 0 spiro atoms. The van der Waals surface area contributed by atoms with Gasteiger partial charge in [0.05, 0.1) is 138 Å². The third-order valence-corrected chi connectivity index (χ3v) is 19.8. The highest BCUT2D eigenvalue weighted by Crippen LogP contribution is 2.34. The van der Waals surface area contributed by atoms with Gasteiger partial charge in [-0.1, -0.05) is 62.5 Å². The second-order valence-electron chi connectivity index (χ2n) is 24.7. The van der Waals surface area contributed by atoms with Gasteiger partial charge in [-0.25, -0.2) is 46.3 Å². The van der Waals surface area contributed by atoms with Gasteiger partial charge in [0, 0.05) is 65.8 Å². The maximum Gasteiger partial charge on any atom is 0.312 e. The van der Waals surface area contributed by atoms with E-state index in [4.69, 9.17) is 67.8 Å². The first-order chi connectivity index (χ1) is 49.3. The first kappa shape index (κ1) is 88.1. The third-order valence-electron chi connectivity index (χ3n) is 14.2. The number of hydrogen-bond acceptors (Lipinski definition) is 24. The lowest BCUT2D eigenvalue weighted by Crippen LogP contribution is -2.35. The van der Waals surface area contributed by atoms with Gasteiger partial charge >= 0.3 is 23.6 Å². The number of aliphatic hydroxyl groups excluding tert-OH is 1. The number of esters is 3. The number of pyridine rings is 6. The second-order valence-corrected chi connectivity index (χ2v) is 38.9. The van der Waals surface area contributed by atoms with E-state index in [-0.39, 0.29) is 93.6 Å². The molecule has 0 aromatic carbocycles. The largest absolute Gasteiger partial charge is 0.470 e. The van der Waals surface area contributed by atoms with E-state index >= 15 is 0 Å². The van der Waals surface area contributed by atoms with E-state index in [9.17, 15) is 66.1 Å². The average molecular weight is 1750 g/mol. The monoisotopic (exact) mass is 1740 g/mol. The van der Waals surface area contributed by atoms with Gasteiger partial charge in [0.25, 0.3) is 5.69 Å². The number of fused-ring (bicyclic) bond motifs is 3. The fraction of sp³-hybridized carbons (Fsp3) is 0.422. The number of halogens is 11. The summed E-state index contributed by atoms with van der Waals surface area (Å²) in [5, 5.41) is 30.8. The quantitative estimate of drug-likeness (QED) is 0.00782. The molecule has 28 nitrogen and oxygen atoms in total. The van der Waals surface area contributed by atoms with Crippen LogP contribution in [0.5, 0.6) is 5.88 Å². The van der Waals surface area contributed by atoms with Crippen molar-refractivity contribution in [3.8, 4) is 5.88 Å². The number of hydrogen-bond donors (Lipinski definition) is 3. The lowest BCUT2D eigenvalue weighted by Gasteiger charge is -2.20. The summed E-state index contributed by atoms with van der Waals surface area (Å²) in [6, 6.07) is 12.1. The fourth-order valence-corrected chi connectivity index (χ4v) is 11.8. The van der Waals surface area contributed by atoms with E-state index in [0.29, 0.717) is 84.3 Å². The second kappa shape index (κ2) is 41.5. The number of anilines is 2. The molecule has 5 N–H and O–H groups in total. The van der Waals surface area contributed by atoms with Gasteiger partial charge in [-0.05, 0) is 80.6 Å². The van der Waals surface area contributed by atoms with Crippen LogP contribution in [0.3, 0.4) is 0 Å². The van der Waals surface area contributed by atoms with Crippen molar-refractivity contribution in [1.82, 2.24) is 39.0 Å². The van der Waals surface area contributed by atoms with Crippen LogP contribution in [0.4, 0.5) is 49.1 Å². The molecule has 2 fully saturated rings. The number of nitrogens with zero attached hydrogens (tertiary/aromatic N) is 10. The van der Waals surface area contributed by atoms with Gasteiger partial charge in [0.2, 0.25) is 5.15 Å². The summed E-state index contributed by atoms with van der Waals surface area (Å²) in [7, 11) is -2.32. The van der Waals surface area contributed by atoms with Gasteiger partial charge in [0.1, 0.15) is 73.9 Å². The SMILES string of the molecule is CCOC(=O)Cc1nc(Br)c(F)cc1N.CCOC(=O)Cc1ncc(F)cc1N.CCOC(=O)Cc1ncc(F)cc1[N+](=O)[O-].C[Si](C)(C)CCOCn1c(Cl)cc2nc(Br)c(F)cc21.C[Si](C)(C)CCOCn1c(O[C@@H]2CO[C@H]3[C@@H]2OC[C@H]3O)cc2nc(Br)c(F)cc21.O=[N+]([O-])c1cc(F)cnc1Cl. The molecule has 10 heterocycles. The first-order valence-electron chi connectivity index (χ1n) is 31.6. The maximum absolute atomic E-state index is 14.1. The summed E-state index contributed by atoms with van der Waals surface area (Å²) >= 11 is 20.5. The predicted molar refractivity (Wildman–Crippen MR) is 391 cm³/mol. The van der Waals surface area contributed by atoms with Crippen molar-refractivity contribution in [1.29, 1.82) is 0 Å². The van der Waals surface area contributed by atoms with Crippen LogP contribution in [0.1, 0.15) is 37.9 Å². The van der Waals surface area contributed by atoms with Crippen molar-refractivity contribution in [2.75, 3.05) is 57.7 Å². The minimum Gasteiger partial charge on any atom is -0.470 e. The Hall–Kier alpha value is -7.58. The van der Waals surface area contributed by atoms with Crippen LogP contribution in [0.25, 0.3) is 22.1 Å². The number of aromatic nitrogens is 8. The Morgan fingerprint density at radius 2 is 1.02 bits per heavy atom. The molecular weight excluding hydrogens is 1670 g/mol. The number of carbonyl (C=O) groups is 3. The van der Waals surface area contributed by atoms with Crippen LogP contribution in [-0.2, 0) is 80.3 Å². The van der Waals surface area contributed by atoms with Crippen molar-refractivity contribution in [2.45, 2.75) is 129 Å².